The summed E-state index contributed by atoms with van der Waals surface area (Å²) in [5.41, 5.74) is 0.430. The molecule has 0 aromatic rings. The summed E-state index contributed by atoms with van der Waals surface area (Å²) < 4.78 is 4.59. The molecule has 0 heterocycles. The fraction of sp³-hybridized carbons (Fsp3) is 0.429. The number of carbonyl (C=O) groups is 1. The van der Waals surface area contributed by atoms with Gasteiger partial charge in [0.15, 0.2) is 0 Å². The van der Waals surface area contributed by atoms with Gasteiger partial charge in [0.1, 0.15) is 6.61 Å². The zero-order chi connectivity index (χ0) is 7.28. The lowest BCUT2D eigenvalue weighted by atomic mass is 10.4. The molecule has 2 nitrogen and oxygen atoms in total. The summed E-state index contributed by atoms with van der Waals surface area (Å²) >= 11 is 0. The molecule has 0 N–H and O–H groups in total. The van der Waals surface area contributed by atoms with Crippen molar-refractivity contribution in [3.8, 4) is 0 Å². The number of hydrogen-bond donors (Lipinski definition) is 0. The Kier molecular flexibility index (Phi) is 3.76. The van der Waals surface area contributed by atoms with E-state index in [0.717, 1.165) is 6.42 Å². The maximum atomic E-state index is 10.5. The molecule has 0 aromatic carbocycles. The fourth-order valence-electron chi connectivity index (χ4n) is 0.260. The minimum atomic E-state index is -0.350. The average molecular weight is 127 g/mol. The van der Waals surface area contributed by atoms with E-state index >= 15 is 0 Å². The van der Waals surface area contributed by atoms with Crippen molar-refractivity contribution < 1.29 is 9.53 Å². The average Bonchev–Trinajstić information content (AvgIpc) is 1.82. The molecule has 0 aromatic heterocycles. The predicted molar refractivity (Wildman–Crippen MR) is 35.5 cm³/mol. The van der Waals surface area contributed by atoms with E-state index in [1.165, 1.54) is 6.61 Å². The van der Waals surface area contributed by atoms with Gasteiger partial charge in [-0.05, 0) is 13.3 Å². The smallest absolute Gasteiger partial charge is 0.333 e. The molecule has 1 radical (unpaired) electrons. The highest BCUT2D eigenvalue weighted by atomic mass is 16.5. The van der Waals surface area contributed by atoms with E-state index in [1.54, 1.807) is 6.92 Å². The Hall–Kier alpha value is -0.790. The summed E-state index contributed by atoms with van der Waals surface area (Å²) in [6.45, 7) is 8.38. The van der Waals surface area contributed by atoms with Crippen LogP contribution in [-0.4, -0.2) is 5.97 Å². The Labute approximate surface area is 55.5 Å². The topological polar surface area (TPSA) is 26.3 Å². The van der Waals surface area contributed by atoms with Gasteiger partial charge in [0, 0.05) is 5.57 Å². The zero-order valence-electron chi connectivity index (χ0n) is 5.81. The van der Waals surface area contributed by atoms with E-state index < -0.39 is 0 Å². The fourth-order valence-corrected chi connectivity index (χ4v) is 0.260. The maximum Gasteiger partial charge on any atom is 0.333 e. The first-order chi connectivity index (χ1) is 4.18. The normalized spacial score (nSPS) is 8.67. The lowest BCUT2D eigenvalue weighted by Gasteiger charge is -1.98. The van der Waals surface area contributed by atoms with Gasteiger partial charge < -0.3 is 4.74 Å². The quantitative estimate of drug-likeness (QED) is 0.426. The van der Waals surface area contributed by atoms with E-state index in [1.807, 2.05) is 6.92 Å². The van der Waals surface area contributed by atoms with Crippen molar-refractivity contribution >= 4 is 5.97 Å². The largest absolute Gasteiger partial charge is 0.455 e. The van der Waals surface area contributed by atoms with Gasteiger partial charge in [-0.15, -0.1) is 0 Å². The zero-order valence-corrected chi connectivity index (χ0v) is 5.81. The lowest BCUT2D eigenvalue weighted by Crippen LogP contribution is -2.01. The molecule has 0 atom stereocenters. The highest BCUT2D eigenvalue weighted by Gasteiger charge is 2.00. The van der Waals surface area contributed by atoms with Gasteiger partial charge in [0.25, 0.3) is 0 Å². The van der Waals surface area contributed by atoms with Crippen LogP contribution in [0.25, 0.3) is 0 Å². The molecule has 0 rings (SSSR count). The van der Waals surface area contributed by atoms with Gasteiger partial charge in [-0.2, -0.15) is 0 Å². The van der Waals surface area contributed by atoms with Gasteiger partial charge >= 0.3 is 5.97 Å². The van der Waals surface area contributed by atoms with Crippen LogP contribution in [0.3, 0.4) is 0 Å². The molecule has 0 aliphatic carbocycles. The summed E-state index contributed by atoms with van der Waals surface area (Å²) in [6, 6.07) is 0. The summed E-state index contributed by atoms with van der Waals surface area (Å²) in [6.07, 6.45) is 0.735. The highest BCUT2D eigenvalue weighted by Crippen LogP contribution is 1.95. The van der Waals surface area contributed by atoms with Crippen LogP contribution in [0.5, 0.6) is 0 Å². The van der Waals surface area contributed by atoms with Gasteiger partial charge in [0.2, 0.25) is 0 Å². The minimum Gasteiger partial charge on any atom is -0.455 e. The van der Waals surface area contributed by atoms with Crippen molar-refractivity contribution in [2.45, 2.75) is 20.3 Å². The van der Waals surface area contributed by atoms with E-state index in [2.05, 4.69) is 11.3 Å². The second-order valence-electron chi connectivity index (χ2n) is 1.76. The molecule has 0 amide bonds. The monoisotopic (exact) mass is 127 g/mol. The van der Waals surface area contributed by atoms with E-state index in [4.69, 9.17) is 0 Å². The minimum absolute atomic E-state index is 0.350. The predicted octanol–water partition coefficient (Wildman–Crippen LogP) is 1.68. The van der Waals surface area contributed by atoms with Crippen LogP contribution < -0.4 is 0 Å². The standard InChI is InChI=1S/C7H11O2/c1-4-5-9-7(8)6(2)3/h5H,2,4H2,1,3H3. The van der Waals surface area contributed by atoms with Crippen LogP contribution in [-0.2, 0) is 9.53 Å². The molecule has 0 fully saturated rings. The molecule has 0 aliphatic heterocycles. The van der Waals surface area contributed by atoms with Crippen molar-refractivity contribution in [1.29, 1.82) is 0 Å². The SMILES string of the molecule is C=C(C)C(=O)O[CH]CC. The molecule has 2 heteroatoms. The molecular formula is C7H11O2. The molecule has 0 saturated carbocycles. The molecule has 51 valence electrons. The van der Waals surface area contributed by atoms with E-state index in [0.29, 0.717) is 5.57 Å². The Bertz CT molecular complexity index is 116. The number of carbonyl (C=O) groups excluding carboxylic acids is 1. The Morgan fingerprint density at radius 1 is 1.78 bits per heavy atom. The first kappa shape index (κ1) is 8.21. The number of esters is 1. The molecule has 0 saturated heterocycles. The molecular weight excluding hydrogens is 116 g/mol. The second-order valence-corrected chi connectivity index (χ2v) is 1.76. The number of hydrogen-bond acceptors (Lipinski definition) is 2. The first-order valence-electron chi connectivity index (χ1n) is 2.86. The third-order valence-electron chi connectivity index (χ3n) is 0.705. The van der Waals surface area contributed by atoms with Crippen molar-refractivity contribution in [3.63, 3.8) is 0 Å². The highest BCUT2D eigenvalue weighted by molar-refractivity contribution is 5.87. The number of ether oxygens (including phenoxy) is 1. The van der Waals surface area contributed by atoms with Crippen molar-refractivity contribution in [1.82, 2.24) is 0 Å². The summed E-state index contributed by atoms with van der Waals surface area (Å²) in [5, 5.41) is 0. The third kappa shape index (κ3) is 3.76. The Morgan fingerprint density at radius 2 is 2.33 bits per heavy atom. The summed E-state index contributed by atoms with van der Waals surface area (Å²) in [7, 11) is 0. The maximum absolute atomic E-state index is 10.5. The molecule has 0 aliphatic rings. The van der Waals surface area contributed by atoms with Crippen molar-refractivity contribution in [2.24, 2.45) is 0 Å². The van der Waals surface area contributed by atoms with Gasteiger partial charge in [-0.25, -0.2) is 4.79 Å². The summed E-state index contributed by atoms with van der Waals surface area (Å²) in [4.78, 5) is 10.5. The first-order valence-corrected chi connectivity index (χ1v) is 2.86. The van der Waals surface area contributed by atoms with Gasteiger partial charge in [-0.3, -0.25) is 0 Å². The van der Waals surface area contributed by atoms with Gasteiger partial charge in [-0.1, -0.05) is 13.5 Å². The van der Waals surface area contributed by atoms with Crippen LogP contribution in [0.2, 0.25) is 0 Å². The van der Waals surface area contributed by atoms with Crippen molar-refractivity contribution in [3.05, 3.63) is 18.8 Å². The van der Waals surface area contributed by atoms with Crippen LogP contribution in [0.1, 0.15) is 20.3 Å². The van der Waals surface area contributed by atoms with E-state index in [-0.39, 0.29) is 5.97 Å². The van der Waals surface area contributed by atoms with Crippen molar-refractivity contribution in [2.75, 3.05) is 0 Å². The van der Waals surface area contributed by atoms with Crippen LogP contribution in [0, 0.1) is 6.61 Å². The molecule has 0 bridgehead atoms. The van der Waals surface area contributed by atoms with Crippen LogP contribution in [0.4, 0.5) is 0 Å². The summed E-state index contributed by atoms with van der Waals surface area (Å²) in [5.74, 6) is -0.350. The Balaban J connectivity index is 3.39. The van der Waals surface area contributed by atoms with Gasteiger partial charge in [0.05, 0.1) is 0 Å². The molecule has 0 unspecified atom stereocenters. The third-order valence-corrected chi connectivity index (χ3v) is 0.705. The Morgan fingerprint density at radius 3 is 2.67 bits per heavy atom. The van der Waals surface area contributed by atoms with Crippen LogP contribution in [0.15, 0.2) is 12.2 Å². The number of rotatable bonds is 3. The molecule has 9 heavy (non-hydrogen) atoms. The second kappa shape index (κ2) is 4.13. The van der Waals surface area contributed by atoms with Crippen LogP contribution >= 0.6 is 0 Å². The lowest BCUT2D eigenvalue weighted by molar-refractivity contribution is -0.135. The molecule has 0 spiro atoms. The van der Waals surface area contributed by atoms with E-state index in [9.17, 15) is 4.79 Å².